The molecule has 7 aromatic rings. The Labute approximate surface area is 469 Å². The lowest BCUT2D eigenvalue weighted by molar-refractivity contribution is -0.144. The highest BCUT2D eigenvalue weighted by Crippen LogP contribution is 2.40. The summed E-state index contributed by atoms with van der Waals surface area (Å²) in [6.07, 6.45) is 4.75. The number of pyridine rings is 2. The van der Waals surface area contributed by atoms with Crippen LogP contribution in [0.2, 0.25) is 0 Å². The Bertz CT molecular complexity index is 3280. The first-order chi connectivity index (χ1) is 38.5. The lowest BCUT2D eigenvalue weighted by Gasteiger charge is -2.38. The molecule has 5 heterocycles. The van der Waals surface area contributed by atoms with E-state index in [-0.39, 0.29) is 63.3 Å². The highest BCUT2D eigenvalue weighted by atomic mass is 32.1. The molecule has 4 aromatic heterocycles. The number of hydrogen-bond donors (Lipinski definition) is 6. The third kappa shape index (κ3) is 13.9. The minimum Gasteiger partial charge on any atom is -0.391 e. The largest absolute Gasteiger partial charge is 0.391 e. The summed E-state index contributed by atoms with van der Waals surface area (Å²) >= 11 is 1.57. The molecule has 20 heteroatoms. The quantitative estimate of drug-likeness (QED) is 0.0358. The number of nitrogens with one attached hydrogen (secondary N) is 3. The molecule has 0 radical (unpaired) electrons. The summed E-state index contributed by atoms with van der Waals surface area (Å²) in [5, 5.41) is 19.2. The molecule has 1 aliphatic carbocycles. The molecule has 420 valence electrons. The van der Waals surface area contributed by atoms with Crippen molar-refractivity contribution in [3.63, 3.8) is 0 Å². The van der Waals surface area contributed by atoms with Gasteiger partial charge in [0.2, 0.25) is 23.6 Å². The minimum absolute atomic E-state index is 0.0284. The highest BCUT2D eigenvalue weighted by molar-refractivity contribution is 7.13. The fourth-order valence-corrected chi connectivity index (χ4v) is 10.8. The van der Waals surface area contributed by atoms with Crippen molar-refractivity contribution in [3.8, 4) is 38.8 Å². The predicted octanol–water partition coefficient (Wildman–Crippen LogP) is 6.41. The number of likely N-dealkylation sites (tertiary alicyclic amines) is 1. The van der Waals surface area contributed by atoms with Crippen LogP contribution in [0.4, 0.5) is 5.82 Å². The smallest absolute Gasteiger partial charge is 0.246 e. The minimum atomic E-state index is -0.983. The maximum absolute atomic E-state index is 14.0. The Morgan fingerprint density at radius 1 is 0.838 bits per heavy atom. The summed E-state index contributed by atoms with van der Waals surface area (Å²) < 4.78 is 18.8. The van der Waals surface area contributed by atoms with E-state index >= 15 is 0 Å². The number of benzene rings is 3. The number of nitrogens with two attached hydrogens (primary N) is 2. The Kier molecular flexibility index (Phi) is 18.4. The zero-order valence-corrected chi connectivity index (χ0v) is 46.6. The van der Waals surface area contributed by atoms with Crippen LogP contribution in [0.1, 0.15) is 75.3 Å². The van der Waals surface area contributed by atoms with Gasteiger partial charge >= 0.3 is 0 Å². The molecule has 9 rings (SSSR count). The second-order valence-corrected chi connectivity index (χ2v) is 22.4. The molecule has 8 N–H and O–H groups in total. The molecular weight excluding hydrogens is 1030 g/mol. The number of carbonyl (C=O) groups excluding carboxylic acids is 4. The monoisotopic (exact) mass is 1110 g/mol. The van der Waals surface area contributed by atoms with E-state index in [1.807, 2.05) is 105 Å². The maximum atomic E-state index is 14.0. The van der Waals surface area contributed by atoms with E-state index in [4.69, 9.17) is 35.6 Å². The number of aromatic nitrogens is 5. The molecule has 1 saturated carbocycles. The summed E-state index contributed by atoms with van der Waals surface area (Å²) in [7, 11) is 0. The van der Waals surface area contributed by atoms with Gasteiger partial charge in [0.25, 0.3) is 0 Å². The van der Waals surface area contributed by atoms with Crippen LogP contribution in [-0.4, -0.2) is 129 Å². The summed E-state index contributed by atoms with van der Waals surface area (Å²) in [6.45, 7) is 8.89. The molecule has 1 unspecified atom stereocenters. The van der Waals surface area contributed by atoms with Gasteiger partial charge in [-0.05, 0) is 103 Å². The first kappa shape index (κ1) is 57.2. The molecule has 3 atom stereocenters. The number of fused-ring (bicyclic) bond motifs is 1. The van der Waals surface area contributed by atoms with Crippen molar-refractivity contribution < 1.29 is 38.5 Å². The number of aryl methyl sites for hydroxylation is 2. The second kappa shape index (κ2) is 25.8. The summed E-state index contributed by atoms with van der Waals surface area (Å²) in [4.78, 5) is 74.6. The maximum Gasteiger partial charge on any atom is 0.246 e. The van der Waals surface area contributed by atoms with Crippen LogP contribution in [0.15, 0.2) is 109 Å². The van der Waals surface area contributed by atoms with E-state index in [9.17, 15) is 24.3 Å². The fourth-order valence-electron chi connectivity index (χ4n) is 10.0. The van der Waals surface area contributed by atoms with Gasteiger partial charge in [-0.3, -0.25) is 23.7 Å². The third-order valence-corrected chi connectivity index (χ3v) is 15.6. The van der Waals surface area contributed by atoms with Crippen LogP contribution in [0, 0.1) is 12.3 Å². The van der Waals surface area contributed by atoms with Crippen molar-refractivity contribution >= 4 is 51.9 Å². The lowest BCUT2D eigenvalue weighted by Crippen LogP contribution is -2.58. The summed E-state index contributed by atoms with van der Waals surface area (Å²) in [5.74, 6) is -0.426. The number of carbonyl (C=O) groups is 4. The molecule has 1 aliphatic heterocycles. The van der Waals surface area contributed by atoms with E-state index in [0.29, 0.717) is 61.0 Å². The van der Waals surface area contributed by atoms with E-state index in [0.717, 1.165) is 69.0 Å². The van der Waals surface area contributed by atoms with Gasteiger partial charge in [-0.15, -0.1) is 11.3 Å². The zero-order chi connectivity index (χ0) is 56.4. The van der Waals surface area contributed by atoms with Crippen LogP contribution in [0.5, 0.6) is 0 Å². The lowest BCUT2D eigenvalue weighted by atomic mass is 9.73. The number of hydrogen-bond acceptors (Lipinski definition) is 15. The number of nitrogens with zero attached hydrogens (tertiary/aromatic N) is 6. The van der Waals surface area contributed by atoms with Crippen LogP contribution < -0.4 is 27.4 Å². The Morgan fingerprint density at radius 2 is 1.59 bits per heavy atom. The number of ether oxygens (including phenoxy) is 3. The van der Waals surface area contributed by atoms with Crippen molar-refractivity contribution in [1.82, 2.24) is 45.4 Å². The van der Waals surface area contributed by atoms with Crippen LogP contribution >= 0.6 is 11.3 Å². The topological polar surface area (TPSA) is 264 Å². The van der Waals surface area contributed by atoms with Crippen molar-refractivity contribution in [2.45, 2.75) is 96.5 Å². The number of thiazole rings is 1. The second-order valence-electron chi connectivity index (χ2n) is 21.6. The van der Waals surface area contributed by atoms with Crippen LogP contribution in [0.3, 0.4) is 0 Å². The average Bonchev–Trinajstić information content (AvgIpc) is 4.20. The Balaban J connectivity index is 0.665. The van der Waals surface area contributed by atoms with Gasteiger partial charge in [-0.25, -0.2) is 19.9 Å². The van der Waals surface area contributed by atoms with Gasteiger partial charge < -0.3 is 51.6 Å². The Hall–Kier alpha value is -7.46. The predicted molar refractivity (Wildman–Crippen MR) is 307 cm³/mol. The molecule has 4 amide bonds. The molecule has 0 bridgehead atoms. The van der Waals surface area contributed by atoms with E-state index < -0.39 is 35.4 Å². The van der Waals surface area contributed by atoms with E-state index in [1.54, 1.807) is 17.5 Å². The number of aliphatic hydroxyl groups excluding tert-OH is 1. The molecule has 19 nitrogen and oxygen atoms in total. The van der Waals surface area contributed by atoms with Gasteiger partial charge in [-0.2, -0.15) is 0 Å². The molecule has 3 aromatic carbocycles. The standard InChI is InChI=1S/C60H71N11O8S/c1-38-52(80-37-66-38)41-14-11-40(12-15-41)34-65-57(75)49-33-45(72)35-70(49)58(76)53(59(2,3)4)69-51(74)36-79-31-30-78-29-28-77-27-26-63-50(73)22-13-39-8-5-9-42(32-39)47-20-21-48-56(67-47)71(55(68-48)46-10-6-25-64-54(46)61)44-18-16-43(17-19-44)60(62)23-7-24-60/h5-6,8-12,14-21,25,32,37,45,49,53,72H,7,13,22-24,26-31,33-36,62H2,1-4H3,(H2,61,64)(H,63,73)(H,65,75)(H,69,74)/t45-,49+,53?/m1/s1. The molecule has 80 heavy (non-hydrogen) atoms. The van der Waals surface area contributed by atoms with Crippen molar-refractivity contribution in [3.05, 3.63) is 131 Å². The summed E-state index contributed by atoms with van der Waals surface area (Å²) in [6, 6.07) is 30.0. The number of β-amino-alcohol motifs (C(OH)–C–C–N with tert-alkyl or cyclic N) is 1. The molecular formula is C60H71N11O8S. The fraction of sp³-hybridized carbons (Fsp3) is 0.400. The Morgan fingerprint density at radius 3 is 2.29 bits per heavy atom. The molecule has 2 fully saturated rings. The van der Waals surface area contributed by atoms with Gasteiger partial charge in [0.1, 0.15) is 30.0 Å². The SMILES string of the molecule is Cc1ncsc1-c1ccc(CNC(=O)[C@@H]2C[C@@H](O)CN2C(=O)C(NC(=O)COCCOCCOCCNC(=O)CCc2cccc(-c3ccc4nc(-c5cccnc5N)n(-c5ccc(C6(N)CCC6)cc5)c4n3)c2)C(C)(C)C)cc1. The van der Waals surface area contributed by atoms with Gasteiger partial charge in [-0.1, -0.05) is 75.4 Å². The number of nitrogen functional groups attached to an aromatic ring is 1. The molecule has 0 spiro atoms. The first-order valence-corrected chi connectivity index (χ1v) is 28.1. The number of aliphatic hydroxyl groups is 1. The van der Waals surface area contributed by atoms with Crippen molar-refractivity contribution in [1.29, 1.82) is 0 Å². The molecule has 1 saturated heterocycles. The number of anilines is 1. The highest BCUT2D eigenvalue weighted by Gasteiger charge is 2.44. The zero-order valence-electron chi connectivity index (χ0n) is 45.8. The van der Waals surface area contributed by atoms with Gasteiger partial charge in [0.15, 0.2) is 11.5 Å². The van der Waals surface area contributed by atoms with Gasteiger partial charge in [0, 0.05) is 55.5 Å². The number of imidazole rings is 1. The van der Waals surface area contributed by atoms with Crippen molar-refractivity contribution in [2.75, 3.05) is 58.5 Å². The first-order valence-electron chi connectivity index (χ1n) is 27.2. The number of rotatable bonds is 24. The summed E-state index contributed by atoms with van der Waals surface area (Å²) in [5.41, 5.74) is 23.5. The van der Waals surface area contributed by atoms with Gasteiger partial charge in [0.05, 0.1) is 66.5 Å². The third-order valence-electron chi connectivity index (χ3n) is 14.7. The van der Waals surface area contributed by atoms with E-state index in [1.165, 1.54) is 4.90 Å². The molecule has 2 aliphatic rings. The number of amides is 4. The van der Waals surface area contributed by atoms with Crippen LogP contribution in [-0.2, 0) is 51.9 Å². The van der Waals surface area contributed by atoms with E-state index in [2.05, 4.69) is 56.3 Å². The van der Waals surface area contributed by atoms with Crippen LogP contribution in [0.25, 0.3) is 49.9 Å². The average molecular weight is 1110 g/mol. The van der Waals surface area contributed by atoms with Crippen molar-refractivity contribution in [2.24, 2.45) is 11.1 Å². The normalized spacial score (nSPS) is 16.3.